The summed E-state index contributed by atoms with van der Waals surface area (Å²) in [4.78, 5) is 22.9. The monoisotopic (exact) mass is 164 g/mol. The molecule has 3 saturated carbocycles. The van der Waals surface area contributed by atoms with Crippen LogP contribution in [0.3, 0.4) is 0 Å². The number of hydrogen-bond donors (Lipinski definition) is 0. The van der Waals surface area contributed by atoms with E-state index in [1.165, 1.54) is 6.42 Å². The van der Waals surface area contributed by atoms with E-state index in [1.807, 2.05) is 0 Å². The molecular weight excluding hydrogens is 152 g/mol. The zero-order valence-electron chi connectivity index (χ0n) is 6.95. The molecule has 0 heterocycles. The van der Waals surface area contributed by atoms with Crippen molar-refractivity contribution < 1.29 is 9.59 Å². The molecule has 0 saturated heterocycles. The zero-order valence-corrected chi connectivity index (χ0v) is 6.95. The molecule has 3 rings (SSSR count). The first-order valence-electron chi connectivity index (χ1n) is 4.83. The van der Waals surface area contributed by atoms with Gasteiger partial charge in [0.05, 0.1) is 0 Å². The molecule has 3 fully saturated rings. The molecule has 0 amide bonds. The fourth-order valence-electron chi connectivity index (χ4n) is 3.48. The second kappa shape index (κ2) is 1.98. The Morgan fingerprint density at radius 1 is 0.917 bits per heavy atom. The van der Waals surface area contributed by atoms with Gasteiger partial charge in [-0.3, -0.25) is 9.59 Å². The number of ketones is 2. The Balaban J connectivity index is 2.06. The van der Waals surface area contributed by atoms with E-state index < -0.39 is 0 Å². The third-order valence-electron chi connectivity index (χ3n) is 3.95. The third-order valence-corrected chi connectivity index (χ3v) is 3.95. The molecule has 12 heavy (non-hydrogen) atoms. The topological polar surface area (TPSA) is 34.1 Å². The van der Waals surface area contributed by atoms with E-state index in [9.17, 15) is 9.59 Å². The average Bonchev–Trinajstić information content (AvgIpc) is 2.33. The van der Waals surface area contributed by atoms with E-state index in [4.69, 9.17) is 0 Å². The Morgan fingerprint density at radius 2 is 1.75 bits per heavy atom. The van der Waals surface area contributed by atoms with Gasteiger partial charge in [-0.25, -0.2) is 0 Å². The Kier molecular flexibility index (Phi) is 1.12. The molecule has 0 aromatic rings. The largest absolute Gasteiger partial charge is 0.291 e. The zero-order chi connectivity index (χ0) is 8.29. The molecule has 2 nitrogen and oxygen atoms in total. The molecule has 4 atom stereocenters. The Hall–Kier alpha value is -0.660. The van der Waals surface area contributed by atoms with Crippen molar-refractivity contribution in [2.45, 2.75) is 25.7 Å². The van der Waals surface area contributed by atoms with Gasteiger partial charge in [-0.05, 0) is 37.5 Å². The fraction of sp³-hybridized carbons (Fsp3) is 0.800. The summed E-state index contributed by atoms with van der Waals surface area (Å²) in [6.07, 6.45) is 4.27. The quantitative estimate of drug-likeness (QED) is 0.504. The molecule has 0 spiro atoms. The Labute approximate surface area is 71.3 Å². The molecule has 0 N–H and O–H groups in total. The van der Waals surface area contributed by atoms with Gasteiger partial charge in [0.25, 0.3) is 0 Å². The van der Waals surface area contributed by atoms with Crippen LogP contribution in [0.5, 0.6) is 0 Å². The van der Waals surface area contributed by atoms with E-state index in [-0.39, 0.29) is 23.4 Å². The molecule has 64 valence electrons. The van der Waals surface area contributed by atoms with E-state index >= 15 is 0 Å². The maximum absolute atomic E-state index is 11.5. The molecule has 3 aliphatic rings. The smallest absolute Gasteiger partial charge is 0.202 e. The Bertz CT molecular complexity index is 265. The van der Waals surface area contributed by atoms with Gasteiger partial charge in [0, 0.05) is 11.8 Å². The summed E-state index contributed by atoms with van der Waals surface area (Å²) >= 11 is 0. The highest BCUT2D eigenvalue weighted by molar-refractivity contribution is 6.39. The minimum atomic E-state index is -0.0431. The van der Waals surface area contributed by atoms with Crippen LogP contribution in [-0.4, -0.2) is 11.6 Å². The highest BCUT2D eigenvalue weighted by Gasteiger charge is 2.52. The SMILES string of the molecule is O=C1C(=O)C2CC3CC1CC2C3. The molecular formula is C10H12O2. The van der Waals surface area contributed by atoms with Gasteiger partial charge in [0.15, 0.2) is 0 Å². The molecule has 0 aromatic carbocycles. The van der Waals surface area contributed by atoms with Gasteiger partial charge >= 0.3 is 0 Å². The number of carbonyl (C=O) groups excluding carboxylic acids is 2. The van der Waals surface area contributed by atoms with Crippen LogP contribution < -0.4 is 0 Å². The summed E-state index contributed by atoms with van der Waals surface area (Å²) in [5.74, 6) is 1.48. The lowest BCUT2D eigenvalue weighted by Crippen LogP contribution is -2.39. The van der Waals surface area contributed by atoms with Crippen molar-refractivity contribution in [3.63, 3.8) is 0 Å². The van der Waals surface area contributed by atoms with Crippen molar-refractivity contribution >= 4 is 11.6 Å². The summed E-state index contributed by atoms with van der Waals surface area (Å²) in [5, 5.41) is 0. The maximum Gasteiger partial charge on any atom is 0.202 e. The van der Waals surface area contributed by atoms with Gasteiger partial charge in [-0.1, -0.05) is 0 Å². The lowest BCUT2D eigenvalue weighted by Gasteiger charge is -2.31. The van der Waals surface area contributed by atoms with Crippen LogP contribution in [0.25, 0.3) is 0 Å². The van der Waals surface area contributed by atoms with Gasteiger partial charge in [0.2, 0.25) is 11.6 Å². The van der Waals surface area contributed by atoms with Crippen LogP contribution >= 0.6 is 0 Å². The Morgan fingerprint density at radius 3 is 2.58 bits per heavy atom. The molecule has 2 heteroatoms. The summed E-state index contributed by atoms with van der Waals surface area (Å²) in [7, 11) is 0. The van der Waals surface area contributed by atoms with Crippen LogP contribution in [0.2, 0.25) is 0 Å². The van der Waals surface area contributed by atoms with Crippen molar-refractivity contribution in [1.29, 1.82) is 0 Å². The van der Waals surface area contributed by atoms with Gasteiger partial charge in [-0.15, -0.1) is 0 Å². The molecule has 0 radical (unpaired) electrons. The normalized spacial score (nSPS) is 50.3. The van der Waals surface area contributed by atoms with Crippen molar-refractivity contribution in [2.75, 3.05) is 0 Å². The lowest BCUT2D eigenvalue weighted by molar-refractivity contribution is -0.145. The van der Waals surface area contributed by atoms with E-state index in [0.29, 0.717) is 11.8 Å². The van der Waals surface area contributed by atoms with Crippen LogP contribution in [-0.2, 0) is 9.59 Å². The first-order chi connectivity index (χ1) is 5.75. The number of fused-ring (bicyclic) bond motifs is 2. The number of hydrogen-bond acceptors (Lipinski definition) is 2. The van der Waals surface area contributed by atoms with Crippen LogP contribution in [0.15, 0.2) is 0 Å². The van der Waals surface area contributed by atoms with Crippen LogP contribution in [0, 0.1) is 23.7 Å². The molecule has 0 aliphatic heterocycles. The summed E-state index contributed by atoms with van der Waals surface area (Å²) < 4.78 is 0. The summed E-state index contributed by atoms with van der Waals surface area (Å²) in [6.45, 7) is 0. The third kappa shape index (κ3) is 0.661. The minimum Gasteiger partial charge on any atom is -0.291 e. The number of carbonyl (C=O) groups is 2. The van der Waals surface area contributed by atoms with Crippen molar-refractivity contribution in [3.8, 4) is 0 Å². The van der Waals surface area contributed by atoms with E-state index in [2.05, 4.69) is 0 Å². The van der Waals surface area contributed by atoms with Gasteiger partial charge in [0.1, 0.15) is 0 Å². The standard InChI is InChI=1S/C10H12O2/c11-9-7-2-5-1-6(4-7)8(3-5)10(9)12/h5-8H,1-4H2. The summed E-state index contributed by atoms with van der Waals surface area (Å²) in [5.41, 5.74) is 0. The first-order valence-corrected chi connectivity index (χ1v) is 4.83. The molecule has 3 aliphatic carbocycles. The molecule has 0 aromatic heterocycles. The predicted molar refractivity (Wildman–Crippen MR) is 42.4 cm³/mol. The van der Waals surface area contributed by atoms with Crippen molar-refractivity contribution in [2.24, 2.45) is 23.7 Å². The maximum atomic E-state index is 11.5. The first kappa shape index (κ1) is 6.81. The van der Waals surface area contributed by atoms with Gasteiger partial charge < -0.3 is 0 Å². The van der Waals surface area contributed by atoms with E-state index in [0.717, 1.165) is 19.3 Å². The highest BCUT2D eigenvalue weighted by atomic mass is 16.2. The highest BCUT2D eigenvalue weighted by Crippen LogP contribution is 2.52. The number of rotatable bonds is 0. The predicted octanol–water partition coefficient (Wildman–Crippen LogP) is 1.19. The van der Waals surface area contributed by atoms with Gasteiger partial charge in [-0.2, -0.15) is 0 Å². The van der Waals surface area contributed by atoms with Crippen molar-refractivity contribution in [3.05, 3.63) is 0 Å². The molecule has 3 bridgehead atoms. The second-order valence-corrected chi connectivity index (χ2v) is 4.60. The van der Waals surface area contributed by atoms with Crippen LogP contribution in [0.4, 0.5) is 0 Å². The van der Waals surface area contributed by atoms with Crippen molar-refractivity contribution in [1.82, 2.24) is 0 Å². The lowest BCUT2D eigenvalue weighted by atomic mass is 9.71. The average molecular weight is 164 g/mol. The number of Topliss-reactive ketones (excluding diaryl/α,β-unsaturated/α-hetero) is 2. The minimum absolute atomic E-state index is 0.0312. The second-order valence-electron chi connectivity index (χ2n) is 4.60. The fourth-order valence-corrected chi connectivity index (χ4v) is 3.48. The van der Waals surface area contributed by atoms with E-state index in [1.54, 1.807) is 0 Å². The molecule has 4 unspecified atom stereocenters. The van der Waals surface area contributed by atoms with Crippen LogP contribution in [0.1, 0.15) is 25.7 Å². The summed E-state index contributed by atoms with van der Waals surface area (Å²) in [6, 6.07) is 0.